The second kappa shape index (κ2) is 9.25. The van der Waals surface area contributed by atoms with Gasteiger partial charge in [0.15, 0.2) is 5.65 Å². The van der Waals surface area contributed by atoms with Gasteiger partial charge in [-0.2, -0.15) is 5.10 Å². The molecular formula is C29H31FN4O. The number of hydrogen-bond acceptors (Lipinski definition) is 3. The highest BCUT2D eigenvalue weighted by Crippen LogP contribution is 2.28. The minimum atomic E-state index is -0.330. The van der Waals surface area contributed by atoms with Gasteiger partial charge in [0.25, 0.3) is 5.91 Å². The predicted molar refractivity (Wildman–Crippen MR) is 136 cm³/mol. The third kappa shape index (κ3) is 4.97. The van der Waals surface area contributed by atoms with Crippen LogP contribution in [0.3, 0.4) is 0 Å². The molecule has 2 aromatic carbocycles. The summed E-state index contributed by atoms with van der Waals surface area (Å²) in [6.45, 7) is 7.68. The number of rotatable bonds is 4. The van der Waals surface area contributed by atoms with Crippen molar-refractivity contribution in [1.82, 2.24) is 19.5 Å². The molecule has 0 saturated carbocycles. The fraction of sp³-hybridized carbons (Fsp3) is 0.345. The van der Waals surface area contributed by atoms with E-state index < -0.39 is 0 Å². The zero-order valence-corrected chi connectivity index (χ0v) is 20.5. The van der Waals surface area contributed by atoms with E-state index in [-0.39, 0.29) is 17.1 Å². The largest absolute Gasteiger partial charge is 0.337 e. The van der Waals surface area contributed by atoms with Crippen molar-refractivity contribution in [2.24, 2.45) is 5.92 Å². The SMILES string of the molecule is CC(C)(C)c1cc2nc(C(=O)N3CCC(Cc4ccccc4)CC3)cc(-c3cccc(F)c3)n2n1. The molecule has 0 atom stereocenters. The van der Waals surface area contributed by atoms with Crippen LogP contribution >= 0.6 is 0 Å². The third-order valence-corrected chi connectivity index (χ3v) is 6.80. The van der Waals surface area contributed by atoms with Gasteiger partial charge in [0, 0.05) is 30.1 Å². The molecule has 180 valence electrons. The first-order valence-corrected chi connectivity index (χ1v) is 12.3. The molecule has 0 N–H and O–H groups in total. The van der Waals surface area contributed by atoms with E-state index in [9.17, 15) is 9.18 Å². The first-order valence-electron chi connectivity index (χ1n) is 12.3. The molecule has 4 aromatic rings. The van der Waals surface area contributed by atoms with E-state index in [1.165, 1.54) is 17.7 Å². The van der Waals surface area contributed by atoms with Crippen molar-refractivity contribution in [2.45, 2.75) is 45.4 Å². The fourth-order valence-electron chi connectivity index (χ4n) is 4.75. The summed E-state index contributed by atoms with van der Waals surface area (Å²) in [7, 11) is 0. The lowest BCUT2D eigenvalue weighted by molar-refractivity contribution is 0.0685. The quantitative estimate of drug-likeness (QED) is 0.372. The first kappa shape index (κ1) is 23.2. The lowest BCUT2D eigenvalue weighted by Gasteiger charge is -2.32. The second-order valence-electron chi connectivity index (χ2n) is 10.5. The second-order valence-corrected chi connectivity index (χ2v) is 10.5. The molecule has 1 fully saturated rings. The van der Waals surface area contributed by atoms with Crippen LogP contribution in [-0.4, -0.2) is 38.5 Å². The predicted octanol–water partition coefficient (Wildman–Crippen LogP) is 5.93. The maximum Gasteiger partial charge on any atom is 0.272 e. The fourth-order valence-corrected chi connectivity index (χ4v) is 4.75. The van der Waals surface area contributed by atoms with Gasteiger partial charge < -0.3 is 4.90 Å². The lowest BCUT2D eigenvalue weighted by Crippen LogP contribution is -2.39. The maximum absolute atomic E-state index is 14.1. The highest BCUT2D eigenvalue weighted by atomic mass is 19.1. The average Bonchev–Trinajstić information content (AvgIpc) is 3.29. The average molecular weight is 471 g/mol. The lowest BCUT2D eigenvalue weighted by atomic mass is 9.90. The Morgan fingerprint density at radius 3 is 2.43 bits per heavy atom. The zero-order valence-electron chi connectivity index (χ0n) is 20.5. The normalized spacial score (nSPS) is 15.0. The summed E-state index contributed by atoms with van der Waals surface area (Å²) in [5.74, 6) is 0.162. The molecule has 1 amide bonds. The van der Waals surface area contributed by atoms with Gasteiger partial charge in [-0.15, -0.1) is 0 Å². The van der Waals surface area contributed by atoms with Crippen molar-refractivity contribution < 1.29 is 9.18 Å². The number of aromatic nitrogens is 3. The van der Waals surface area contributed by atoms with Gasteiger partial charge in [-0.3, -0.25) is 4.79 Å². The molecule has 1 aliphatic rings. The Bertz CT molecular complexity index is 1350. The van der Waals surface area contributed by atoms with E-state index in [0.717, 1.165) is 25.0 Å². The van der Waals surface area contributed by atoms with E-state index in [0.29, 0.717) is 41.6 Å². The number of benzene rings is 2. The molecule has 2 aromatic heterocycles. The number of carbonyl (C=O) groups is 1. The maximum atomic E-state index is 14.1. The minimum absolute atomic E-state index is 0.0816. The minimum Gasteiger partial charge on any atom is -0.337 e. The molecule has 6 heteroatoms. The zero-order chi connectivity index (χ0) is 24.6. The van der Waals surface area contributed by atoms with Gasteiger partial charge in [-0.05, 0) is 48.9 Å². The van der Waals surface area contributed by atoms with E-state index in [2.05, 4.69) is 45.0 Å². The summed E-state index contributed by atoms with van der Waals surface area (Å²) in [5.41, 5.74) is 4.33. The van der Waals surface area contributed by atoms with Gasteiger partial charge in [0.2, 0.25) is 0 Å². The molecule has 1 saturated heterocycles. The molecule has 1 aliphatic heterocycles. The van der Waals surface area contributed by atoms with E-state index in [1.807, 2.05) is 23.1 Å². The van der Waals surface area contributed by atoms with Crippen LogP contribution in [0.1, 0.15) is 55.4 Å². The van der Waals surface area contributed by atoms with E-state index in [4.69, 9.17) is 10.1 Å². The Labute approximate surface area is 205 Å². The number of amides is 1. The summed E-state index contributed by atoms with van der Waals surface area (Å²) in [6, 6.07) is 20.6. The molecule has 0 bridgehead atoms. The topological polar surface area (TPSA) is 50.5 Å². The smallest absolute Gasteiger partial charge is 0.272 e. The monoisotopic (exact) mass is 470 g/mol. The van der Waals surface area contributed by atoms with Gasteiger partial charge in [0.1, 0.15) is 11.5 Å². The number of piperidine rings is 1. The van der Waals surface area contributed by atoms with Crippen molar-refractivity contribution in [3.63, 3.8) is 0 Å². The molecule has 0 aliphatic carbocycles. The summed E-state index contributed by atoms with van der Waals surface area (Å²) < 4.78 is 15.8. The summed E-state index contributed by atoms with van der Waals surface area (Å²) in [5, 5.41) is 4.76. The van der Waals surface area contributed by atoms with Gasteiger partial charge in [0.05, 0.1) is 11.4 Å². The molecule has 5 rings (SSSR count). The van der Waals surface area contributed by atoms with Crippen molar-refractivity contribution >= 4 is 11.6 Å². The number of fused-ring (bicyclic) bond motifs is 1. The highest BCUT2D eigenvalue weighted by Gasteiger charge is 2.27. The summed E-state index contributed by atoms with van der Waals surface area (Å²) >= 11 is 0. The van der Waals surface area contributed by atoms with Crippen LogP contribution in [0.15, 0.2) is 66.7 Å². The summed E-state index contributed by atoms with van der Waals surface area (Å²) in [6.07, 6.45) is 2.99. The third-order valence-electron chi connectivity index (χ3n) is 6.80. The molecule has 35 heavy (non-hydrogen) atoms. The molecule has 3 heterocycles. The Morgan fingerprint density at radius 2 is 1.74 bits per heavy atom. The molecular weight excluding hydrogens is 439 g/mol. The van der Waals surface area contributed by atoms with Crippen LogP contribution < -0.4 is 0 Å². The Morgan fingerprint density at radius 1 is 1.00 bits per heavy atom. The Kier molecular flexibility index (Phi) is 6.13. The van der Waals surface area contributed by atoms with Crippen molar-refractivity contribution in [3.05, 3.63) is 89.5 Å². The molecule has 0 radical (unpaired) electrons. The van der Waals surface area contributed by atoms with Crippen LogP contribution in [-0.2, 0) is 11.8 Å². The number of likely N-dealkylation sites (tertiary alicyclic amines) is 1. The van der Waals surface area contributed by atoms with E-state index >= 15 is 0 Å². The Hall–Kier alpha value is -3.54. The number of halogens is 1. The van der Waals surface area contributed by atoms with Gasteiger partial charge in [-0.1, -0.05) is 63.2 Å². The summed E-state index contributed by atoms with van der Waals surface area (Å²) in [4.78, 5) is 20.1. The van der Waals surface area contributed by atoms with Crippen LogP contribution in [0.4, 0.5) is 4.39 Å². The van der Waals surface area contributed by atoms with Crippen LogP contribution in [0.5, 0.6) is 0 Å². The van der Waals surface area contributed by atoms with Gasteiger partial charge in [-0.25, -0.2) is 13.9 Å². The van der Waals surface area contributed by atoms with Crippen LogP contribution in [0, 0.1) is 11.7 Å². The highest BCUT2D eigenvalue weighted by molar-refractivity contribution is 5.94. The van der Waals surface area contributed by atoms with Gasteiger partial charge >= 0.3 is 0 Å². The molecule has 0 unspecified atom stereocenters. The van der Waals surface area contributed by atoms with Crippen molar-refractivity contribution in [1.29, 1.82) is 0 Å². The van der Waals surface area contributed by atoms with Crippen LogP contribution in [0.2, 0.25) is 0 Å². The number of hydrogen-bond donors (Lipinski definition) is 0. The van der Waals surface area contributed by atoms with E-state index in [1.54, 1.807) is 16.6 Å². The number of carbonyl (C=O) groups excluding carboxylic acids is 1. The van der Waals surface area contributed by atoms with Crippen molar-refractivity contribution in [3.8, 4) is 11.3 Å². The first-order chi connectivity index (χ1) is 16.8. The molecule has 5 nitrogen and oxygen atoms in total. The Balaban J connectivity index is 1.43. The standard InChI is InChI=1S/C29H31FN4O/c1-29(2,3)26-19-27-31-24(18-25(34(27)32-26)22-10-7-11-23(30)17-22)28(35)33-14-12-21(13-15-33)16-20-8-5-4-6-9-20/h4-11,17-19,21H,12-16H2,1-3H3. The van der Waals surface area contributed by atoms with Crippen LogP contribution in [0.25, 0.3) is 16.9 Å². The van der Waals surface area contributed by atoms with Crippen molar-refractivity contribution in [2.75, 3.05) is 13.1 Å². The molecule has 0 spiro atoms. The number of nitrogens with zero attached hydrogens (tertiary/aromatic N) is 4.